The molecule has 1 aliphatic rings. The lowest BCUT2D eigenvalue weighted by Crippen LogP contribution is -2.35. The van der Waals surface area contributed by atoms with E-state index in [1.165, 1.54) is 4.31 Å². The average molecular weight is 439 g/mol. The van der Waals surface area contributed by atoms with Crippen LogP contribution in [0.1, 0.15) is 52.0 Å². The summed E-state index contributed by atoms with van der Waals surface area (Å²) in [5, 5.41) is 0. The van der Waals surface area contributed by atoms with Crippen molar-refractivity contribution in [3.63, 3.8) is 0 Å². The van der Waals surface area contributed by atoms with Crippen LogP contribution in [0.2, 0.25) is 0 Å². The number of nitrogens with zero attached hydrogens (tertiary/aromatic N) is 2. The molecule has 0 saturated heterocycles. The number of carbonyl (C=O) groups is 2. The van der Waals surface area contributed by atoms with Crippen LogP contribution in [0.15, 0.2) is 29.2 Å². The van der Waals surface area contributed by atoms with Crippen molar-refractivity contribution in [1.82, 2.24) is 9.21 Å². The third kappa shape index (κ3) is 7.09. The fourth-order valence-corrected chi connectivity index (χ4v) is 4.80. The standard InChI is InChI=1S/C22H34N2O5S/c1-4-24(5-2)30(27,28)20-12-9-18(10-13-20)11-14-21(25)23(17-19-7-8-19)16-15-22(26)29-6-3/h9-10,12-13,19H,4-8,11,14-17H2,1-3H3. The highest BCUT2D eigenvalue weighted by Gasteiger charge is 2.27. The maximum absolute atomic E-state index is 12.7. The molecule has 0 unspecified atom stereocenters. The van der Waals surface area contributed by atoms with Gasteiger partial charge < -0.3 is 9.64 Å². The molecular weight excluding hydrogens is 404 g/mol. The minimum atomic E-state index is -3.48. The van der Waals surface area contributed by atoms with Gasteiger partial charge in [-0.15, -0.1) is 0 Å². The minimum absolute atomic E-state index is 0.0195. The van der Waals surface area contributed by atoms with Gasteiger partial charge in [0.2, 0.25) is 15.9 Å². The summed E-state index contributed by atoms with van der Waals surface area (Å²) in [6, 6.07) is 6.76. The topological polar surface area (TPSA) is 84.0 Å². The number of sulfonamides is 1. The summed E-state index contributed by atoms with van der Waals surface area (Å²) < 4.78 is 31.5. The number of carbonyl (C=O) groups excluding carboxylic acids is 2. The highest BCUT2D eigenvalue weighted by atomic mass is 32.2. The molecule has 0 bridgehead atoms. The van der Waals surface area contributed by atoms with Gasteiger partial charge in [0.25, 0.3) is 0 Å². The molecule has 1 fully saturated rings. The molecule has 1 amide bonds. The molecule has 1 aromatic carbocycles. The Labute approximate surface area is 180 Å². The van der Waals surface area contributed by atoms with E-state index in [0.717, 1.165) is 18.4 Å². The zero-order chi connectivity index (χ0) is 22.1. The molecular formula is C22H34N2O5S. The Morgan fingerprint density at radius 3 is 2.20 bits per heavy atom. The van der Waals surface area contributed by atoms with Crippen molar-refractivity contribution in [2.45, 2.75) is 57.8 Å². The van der Waals surface area contributed by atoms with E-state index < -0.39 is 10.0 Å². The van der Waals surface area contributed by atoms with E-state index in [1.54, 1.807) is 36.1 Å². The highest BCUT2D eigenvalue weighted by molar-refractivity contribution is 7.89. The molecule has 0 N–H and O–H groups in total. The number of aryl methyl sites for hydroxylation is 1. The molecule has 1 aliphatic carbocycles. The molecule has 0 aliphatic heterocycles. The van der Waals surface area contributed by atoms with E-state index in [1.807, 2.05) is 13.8 Å². The van der Waals surface area contributed by atoms with E-state index in [9.17, 15) is 18.0 Å². The van der Waals surface area contributed by atoms with Crippen molar-refractivity contribution < 1.29 is 22.7 Å². The van der Waals surface area contributed by atoms with Crippen molar-refractivity contribution in [3.8, 4) is 0 Å². The summed E-state index contributed by atoms with van der Waals surface area (Å²) in [6.07, 6.45) is 3.34. The zero-order valence-electron chi connectivity index (χ0n) is 18.3. The third-order valence-electron chi connectivity index (χ3n) is 5.31. The van der Waals surface area contributed by atoms with Crippen LogP contribution in [-0.2, 0) is 30.8 Å². The number of esters is 1. The Balaban J connectivity index is 1.93. The number of hydrogen-bond donors (Lipinski definition) is 0. The second kappa shape index (κ2) is 11.5. The Bertz CT molecular complexity index is 799. The van der Waals surface area contributed by atoms with Crippen molar-refractivity contribution >= 4 is 21.9 Å². The van der Waals surface area contributed by atoms with Gasteiger partial charge in [0.05, 0.1) is 17.9 Å². The van der Waals surface area contributed by atoms with E-state index in [4.69, 9.17) is 4.74 Å². The van der Waals surface area contributed by atoms with Crippen LogP contribution in [0.5, 0.6) is 0 Å². The lowest BCUT2D eigenvalue weighted by Gasteiger charge is -2.22. The molecule has 1 aromatic rings. The molecule has 8 heteroatoms. The summed E-state index contributed by atoms with van der Waals surface area (Å²) in [6.45, 7) is 7.68. The van der Waals surface area contributed by atoms with Gasteiger partial charge in [-0.05, 0) is 49.8 Å². The lowest BCUT2D eigenvalue weighted by molar-refractivity contribution is -0.144. The third-order valence-corrected chi connectivity index (χ3v) is 7.38. The Kier molecular flexibility index (Phi) is 9.30. The van der Waals surface area contributed by atoms with Crippen molar-refractivity contribution in [2.24, 2.45) is 5.92 Å². The SMILES string of the molecule is CCOC(=O)CCN(CC1CC1)C(=O)CCc1ccc(S(=O)(=O)N(CC)CC)cc1. The second-order valence-electron chi connectivity index (χ2n) is 7.57. The first kappa shape index (κ1) is 24.3. The van der Waals surface area contributed by atoms with E-state index >= 15 is 0 Å². The molecule has 0 aromatic heterocycles. The molecule has 2 rings (SSSR count). The second-order valence-corrected chi connectivity index (χ2v) is 9.51. The van der Waals surface area contributed by atoms with E-state index in [2.05, 4.69) is 0 Å². The van der Waals surface area contributed by atoms with Gasteiger partial charge in [0, 0.05) is 32.6 Å². The summed E-state index contributed by atoms with van der Waals surface area (Å²) in [5.74, 6) is 0.280. The normalized spacial score (nSPS) is 14.0. The smallest absolute Gasteiger partial charge is 0.307 e. The first-order valence-corrected chi connectivity index (χ1v) is 12.3. The van der Waals surface area contributed by atoms with Gasteiger partial charge >= 0.3 is 5.97 Å². The number of benzene rings is 1. The number of amides is 1. The Morgan fingerprint density at radius 1 is 1.03 bits per heavy atom. The van der Waals surface area contributed by atoms with Crippen LogP contribution in [0, 0.1) is 5.92 Å². The number of ether oxygens (including phenoxy) is 1. The van der Waals surface area contributed by atoms with Crippen LogP contribution in [0.3, 0.4) is 0 Å². The zero-order valence-corrected chi connectivity index (χ0v) is 19.1. The van der Waals surface area contributed by atoms with Crippen LogP contribution in [-0.4, -0.2) is 62.3 Å². The van der Waals surface area contributed by atoms with Gasteiger partial charge in [0.15, 0.2) is 0 Å². The lowest BCUT2D eigenvalue weighted by atomic mass is 10.1. The predicted octanol–water partition coefficient (Wildman–Crippen LogP) is 2.84. The molecule has 0 atom stereocenters. The Hall–Kier alpha value is -1.93. The van der Waals surface area contributed by atoms with Crippen molar-refractivity contribution in [3.05, 3.63) is 29.8 Å². The monoisotopic (exact) mass is 438 g/mol. The molecule has 0 spiro atoms. The highest BCUT2D eigenvalue weighted by Crippen LogP contribution is 2.30. The summed E-state index contributed by atoms with van der Waals surface area (Å²) >= 11 is 0. The molecule has 7 nitrogen and oxygen atoms in total. The number of hydrogen-bond acceptors (Lipinski definition) is 5. The maximum atomic E-state index is 12.7. The van der Waals surface area contributed by atoms with Crippen LogP contribution >= 0.6 is 0 Å². The van der Waals surface area contributed by atoms with Crippen molar-refractivity contribution in [2.75, 3.05) is 32.8 Å². The fraction of sp³-hybridized carbons (Fsp3) is 0.636. The maximum Gasteiger partial charge on any atom is 0.307 e. The van der Waals surface area contributed by atoms with Gasteiger partial charge in [-0.2, -0.15) is 4.31 Å². The quantitative estimate of drug-likeness (QED) is 0.442. The summed E-state index contributed by atoms with van der Waals surface area (Å²) in [5.41, 5.74) is 0.915. The predicted molar refractivity (Wildman–Crippen MR) is 115 cm³/mol. The molecule has 30 heavy (non-hydrogen) atoms. The van der Waals surface area contributed by atoms with Gasteiger partial charge in [-0.1, -0.05) is 26.0 Å². The first-order valence-electron chi connectivity index (χ1n) is 10.8. The molecule has 1 saturated carbocycles. The van der Waals surface area contributed by atoms with Gasteiger partial charge in [-0.25, -0.2) is 8.42 Å². The van der Waals surface area contributed by atoms with Crippen LogP contribution in [0.25, 0.3) is 0 Å². The van der Waals surface area contributed by atoms with Gasteiger partial charge in [-0.3, -0.25) is 9.59 Å². The van der Waals surface area contributed by atoms with E-state index in [0.29, 0.717) is 51.5 Å². The van der Waals surface area contributed by atoms with Crippen LogP contribution in [0.4, 0.5) is 0 Å². The largest absolute Gasteiger partial charge is 0.466 e. The van der Waals surface area contributed by atoms with Gasteiger partial charge in [0.1, 0.15) is 0 Å². The first-order chi connectivity index (χ1) is 14.3. The molecule has 0 heterocycles. The minimum Gasteiger partial charge on any atom is -0.466 e. The summed E-state index contributed by atoms with van der Waals surface area (Å²) in [7, 11) is -3.48. The fourth-order valence-electron chi connectivity index (χ4n) is 3.34. The Morgan fingerprint density at radius 2 is 1.67 bits per heavy atom. The number of rotatable bonds is 13. The molecule has 0 radical (unpaired) electrons. The van der Waals surface area contributed by atoms with E-state index in [-0.39, 0.29) is 23.2 Å². The van der Waals surface area contributed by atoms with Crippen molar-refractivity contribution in [1.29, 1.82) is 0 Å². The average Bonchev–Trinajstić information content (AvgIpc) is 3.54. The van der Waals surface area contributed by atoms with Crippen LogP contribution < -0.4 is 0 Å². The molecule has 168 valence electrons. The summed E-state index contributed by atoms with van der Waals surface area (Å²) in [4.78, 5) is 26.4.